The molecule has 128 valence electrons. The molecular weight excluding hydrogens is 339 g/mol. The molecule has 1 amide bonds. The maximum Gasteiger partial charge on any atom is 0.274 e. The first-order chi connectivity index (χ1) is 12.1. The van der Waals surface area contributed by atoms with Gasteiger partial charge in [-0.1, -0.05) is 36.1 Å². The van der Waals surface area contributed by atoms with Crippen LogP contribution in [-0.4, -0.2) is 22.9 Å². The van der Waals surface area contributed by atoms with Crippen LogP contribution in [0.25, 0.3) is 10.2 Å². The number of aromatic nitrogens is 1. The number of nitrogens with zero attached hydrogens (tertiary/aromatic N) is 2. The highest BCUT2D eigenvalue weighted by Crippen LogP contribution is 2.28. The van der Waals surface area contributed by atoms with E-state index in [2.05, 4.69) is 11.6 Å². The van der Waals surface area contributed by atoms with Crippen molar-refractivity contribution in [2.45, 2.75) is 13.1 Å². The maximum absolute atomic E-state index is 13.1. The van der Waals surface area contributed by atoms with Crippen LogP contribution in [-0.2, 0) is 17.9 Å². The Hall–Kier alpha value is -2.73. The highest BCUT2D eigenvalue weighted by Gasteiger charge is 2.13. The minimum absolute atomic E-state index is 0.175. The van der Waals surface area contributed by atoms with Crippen molar-refractivity contribution in [1.29, 1.82) is 0 Å². The van der Waals surface area contributed by atoms with E-state index in [9.17, 15) is 9.18 Å². The predicted molar refractivity (Wildman–Crippen MR) is 97.0 cm³/mol. The van der Waals surface area contributed by atoms with Crippen molar-refractivity contribution in [3.8, 4) is 5.19 Å². The third-order valence-electron chi connectivity index (χ3n) is 3.75. The molecule has 0 aliphatic carbocycles. The van der Waals surface area contributed by atoms with Gasteiger partial charge in [-0.3, -0.25) is 4.79 Å². The van der Waals surface area contributed by atoms with Crippen LogP contribution in [0.4, 0.5) is 4.39 Å². The lowest BCUT2D eigenvalue weighted by Gasteiger charge is -2.21. The van der Waals surface area contributed by atoms with Crippen molar-refractivity contribution >= 4 is 27.5 Å². The van der Waals surface area contributed by atoms with Gasteiger partial charge in [0.15, 0.2) is 0 Å². The van der Waals surface area contributed by atoms with Gasteiger partial charge in [-0.25, -0.2) is 9.37 Å². The lowest BCUT2D eigenvalue weighted by atomic mass is 10.1. The summed E-state index contributed by atoms with van der Waals surface area (Å²) in [7, 11) is 1.59. The van der Waals surface area contributed by atoms with Gasteiger partial charge < -0.3 is 9.64 Å². The molecular formula is C19H17FN2O2S. The second-order valence-electron chi connectivity index (χ2n) is 5.51. The van der Waals surface area contributed by atoms with Crippen LogP contribution < -0.4 is 4.74 Å². The molecule has 0 N–H and O–H groups in total. The summed E-state index contributed by atoms with van der Waals surface area (Å²) in [5, 5.41) is 0.609. The van der Waals surface area contributed by atoms with Gasteiger partial charge in [-0.2, -0.15) is 0 Å². The highest BCUT2D eigenvalue weighted by molar-refractivity contribution is 7.20. The Morgan fingerprint density at radius 1 is 1.24 bits per heavy atom. The molecule has 2 aromatic carbocycles. The van der Waals surface area contributed by atoms with Crippen LogP contribution in [0, 0.1) is 5.82 Å². The van der Waals surface area contributed by atoms with E-state index in [0.717, 1.165) is 21.3 Å². The standard InChI is InChI=1S/C19H17FN2O2S/c1-3-18(23)22(11-13-4-7-15(20)8-5-13)12-14-6-9-16-17(10-14)25-19(21-16)24-2/h3-10H,1,11-12H2,2H3. The van der Waals surface area contributed by atoms with Crippen molar-refractivity contribution < 1.29 is 13.9 Å². The first-order valence-electron chi connectivity index (χ1n) is 7.68. The summed E-state index contributed by atoms with van der Waals surface area (Å²) in [4.78, 5) is 18.2. The van der Waals surface area contributed by atoms with E-state index in [0.29, 0.717) is 18.3 Å². The number of rotatable bonds is 6. The monoisotopic (exact) mass is 356 g/mol. The van der Waals surface area contributed by atoms with E-state index in [1.807, 2.05) is 18.2 Å². The summed E-state index contributed by atoms with van der Waals surface area (Å²) in [5.74, 6) is -0.471. The fourth-order valence-electron chi connectivity index (χ4n) is 2.50. The molecule has 25 heavy (non-hydrogen) atoms. The Balaban J connectivity index is 1.83. The molecule has 0 fully saturated rings. The minimum atomic E-state index is -0.296. The molecule has 1 aromatic heterocycles. The van der Waals surface area contributed by atoms with Gasteiger partial charge in [0.05, 0.1) is 17.3 Å². The molecule has 4 nitrogen and oxygen atoms in total. The normalized spacial score (nSPS) is 10.6. The second-order valence-corrected chi connectivity index (χ2v) is 6.50. The van der Waals surface area contributed by atoms with Gasteiger partial charge in [-0.05, 0) is 41.5 Å². The van der Waals surface area contributed by atoms with Crippen molar-refractivity contribution in [1.82, 2.24) is 9.88 Å². The first kappa shape index (κ1) is 17.1. The fourth-order valence-corrected chi connectivity index (χ4v) is 3.35. The number of carbonyl (C=O) groups is 1. The molecule has 3 aromatic rings. The number of thiazole rings is 1. The van der Waals surface area contributed by atoms with E-state index in [-0.39, 0.29) is 11.7 Å². The Morgan fingerprint density at radius 2 is 1.92 bits per heavy atom. The fraction of sp³-hybridized carbons (Fsp3) is 0.158. The van der Waals surface area contributed by atoms with Gasteiger partial charge in [0, 0.05) is 13.1 Å². The molecule has 3 rings (SSSR count). The Labute approximate surface area is 149 Å². The topological polar surface area (TPSA) is 42.4 Å². The number of halogens is 1. The average molecular weight is 356 g/mol. The minimum Gasteiger partial charge on any atom is -0.473 e. The molecule has 0 saturated carbocycles. The van der Waals surface area contributed by atoms with E-state index >= 15 is 0 Å². The summed E-state index contributed by atoms with van der Waals surface area (Å²) in [6.45, 7) is 4.38. The van der Waals surface area contributed by atoms with Gasteiger partial charge in [0.2, 0.25) is 5.91 Å². The predicted octanol–water partition coefficient (Wildman–Crippen LogP) is 4.16. The molecule has 0 radical (unpaired) electrons. The summed E-state index contributed by atoms with van der Waals surface area (Å²) in [6, 6.07) is 12.0. The summed E-state index contributed by atoms with van der Waals surface area (Å²) >= 11 is 1.46. The molecule has 0 spiro atoms. The number of amides is 1. The third kappa shape index (κ3) is 4.03. The zero-order valence-electron chi connectivity index (χ0n) is 13.7. The number of fused-ring (bicyclic) bond motifs is 1. The van der Waals surface area contributed by atoms with Crippen molar-refractivity contribution in [3.63, 3.8) is 0 Å². The number of methoxy groups -OCH3 is 1. The van der Waals surface area contributed by atoms with E-state index < -0.39 is 0 Å². The second kappa shape index (κ2) is 7.44. The lowest BCUT2D eigenvalue weighted by Crippen LogP contribution is -2.28. The zero-order chi connectivity index (χ0) is 17.8. The Bertz CT molecular complexity index is 905. The molecule has 0 unspecified atom stereocenters. The average Bonchev–Trinajstić information content (AvgIpc) is 3.04. The SMILES string of the molecule is C=CC(=O)N(Cc1ccc(F)cc1)Cc1ccc2nc(OC)sc2c1. The van der Waals surface area contributed by atoms with Crippen molar-refractivity contribution in [2.75, 3.05) is 7.11 Å². The van der Waals surface area contributed by atoms with E-state index in [1.54, 1.807) is 24.1 Å². The molecule has 6 heteroatoms. The number of ether oxygens (including phenoxy) is 1. The van der Waals surface area contributed by atoms with Gasteiger partial charge in [0.25, 0.3) is 5.19 Å². The first-order valence-corrected chi connectivity index (χ1v) is 8.50. The number of carbonyl (C=O) groups excluding carboxylic acids is 1. The summed E-state index contributed by atoms with van der Waals surface area (Å²) in [6.07, 6.45) is 1.29. The number of benzene rings is 2. The van der Waals surface area contributed by atoms with Crippen molar-refractivity contribution in [3.05, 3.63) is 72.1 Å². The summed E-state index contributed by atoms with van der Waals surface area (Å²) < 4.78 is 19.2. The molecule has 0 bridgehead atoms. The lowest BCUT2D eigenvalue weighted by molar-refractivity contribution is -0.127. The van der Waals surface area contributed by atoms with Crippen LogP contribution in [0.2, 0.25) is 0 Å². The highest BCUT2D eigenvalue weighted by atomic mass is 32.1. The van der Waals surface area contributed by atoms with Crippen LogP contribution in [0.3, 0.4) is 0 Å². The third-order valence-corrected chi connectivity index (χ3v) is 4.73. The summed E-state index contributed by atoms with van der Waals surface area (Å²) in [5.41, 5.74) is 2.71. The molecule has 0 atom stereocenters. The molecule has 0 aliphatic heterocycles. The molecule has 0 saturated heterocycles. The number of hydrogen-bond acceptors (Lipinski definition) is 4. The van der Waals surface area contributed by atoms with E-state index in [1.165, 1.54) is 29.5 Å². The van der Waals surface area contributed by atoms with Crippen LogP contribution in [0.15, 0.2) is 55.1 Å². The van der Waals surface area contributed by atoms with Crippen LogP contribution in [0.5, 0.6) is 5.19 Å². The van der Waals surface area contributed by atoms with Gasteiger partial charge in [-0.15, -0.1) is 0 Å². The molecule has 1 heterocycles. The Kier molecular flexibility index (Phi) is 5.09. The quantitative estimate of drug-likeness (QED) is 0.623. The Morgan fingerprint density at radius 3 is 2.60 bits per heavy atom. The van der Waals surface area contributed by atoms with Gasteiger partial charge >= 0.3 is 0 Å². The number of hydrogen-bond donors (Lipinski definition) is 0. The molecule has 0 aliphatic rings. The smallest absolute Gasteiger partial charge is 0.274 e. The maximum atomic E-state index is 13.1. The largest absolute Gasteiger partial charge is 0.473 e. The zero-order valence-corrected chi connectivity index (χ0v) is 14.6. The van der Waals surface area contributed by atoms with Crippen LogP contribution in [0.1, 0.15) is 11.1 Å². The van der Waals surface area contributed by atoms with E-state index in [4.69, 9.17) is 4.74 Å². The van der Waals surface area contributed by atoms with Gasteiger partial charge in [0.1, 0.15) is 5.82 Å². The van der Waals surface area contributed by atoms with Crippen molar-refractivity contribution in [2.24, 2.45) is 0 Å². The van der Waals surface area contributed by atoms with Crippen LogP contribution >= 0.6 is 11.3 Å².